The van der Waals surface area contributed by atoms with Crippen molar-refractivity contribution in [2.24, 2.45) is 7.05 Å². The van der Waals surface area contributed by atoms with Crippen LogP contribution in [0.5, 0.6) is 0 Å². The van der Waals surface area contributed by atoms with E-state index < -0.39 is 6.55 Å². The van der Waals surface area contributed by atoms with Crippen molar-refractivity contribution in [3.05, 3.63) is 47.1 Å². The quantitative estimate of drug-likeness (QED) is 0.637. The molecule has 0 aliphatic carbocycles. The van der Waals surface area contributed by atoms with Gasteiger partial charge in [-0.15, -0.1) is 0 Å². The summed E-state index contributed by atoms with van der Waals surface area (Å²) in [6.07, 6.45) is 3.96. The summed E-state index contributed by atoms with van der Waals surface area (Å²) in [6.45, 7) is 0.917. The molecule has 0 aliphatic heterocycles. The van der Waals surface area contributed by atoms with Gasteiger partial charge < -0.3 is 0 Å². The number of ketones is 1. The number of allylic oxidation sites excluding steroid dienone is 1. The van der Waals surface area contributed by atoms with Gasteiger partial charge in [0.2, 0.25) is 0 Å². The molecule has 0 N–H and O–H groups in total. The van der Waals surface area contributed by atoms with Crippen LogP contribution in [0.4, 0.5) is 8.78 Å². The molecule has 6 heteroatoms. The second kappa shape index (κ2) is 5.40. The Morgan fingerprint density at radius 3 is 2.65 bits per heavy atom. The van der Waals surface area contributed by atoms with Gasteiger partial charge in [-0.3, -0.25) is 14.0 Å². The fourth-order valence-electron chi connectivity index (χ4n) is 2.10. The molecule has 0 saturated heterocycles. The molecule has 0 amide bonds. The highest BCUT2D eigenvalue weighted by molar-refractivity contribution is 6.08. The van der Waals surface area contributed by atoms with E-state index in [1.165, 1.54) is 30.5 Å². The summed E-state index contributed by atoms with van der Waals surface area (Å²) < 4.78 is 27.8. The summed E-state index contributed by atoms with van der Waals surface area (Å²) in [4.78, 5) is 12.1. The fraction of sp³-hybridized carbons (Fsp3) is 0.286. The SMILES string of the molecule is Cc1nn(C)c(C)c1C(=O)/C=C/c1cccn1C(F)F. The van der Waals surface area contributed by atoms with E-state index >= 15 is 0 Å². The fourth-order valence-corrected chi connectivity index (χ4v) is 2.10. The number of aryl methyl sites for hydroxylation is 2. The van der Waals surface area contributed by atoms with Crippen LogP contribution in [0.2, 0.25) is 0 Å². The van der Waals surface area contributed by atoms with Crippen molar-refractivity contribution >= 4 is 11.9 Å². The van der Waals surface area contributed by atoms with Crippen molar-refractivity contribution in [1.82, 2.24) is 14.3 Å². The van der Waals surface area contributed by atoms with E-state index in [4.69, 9.17) is 0 Å². The number of nitrogens with zero attached hydrogens (tertiary/aromatic N) is 3. The first kappa shape index (κ1) is 14.2. The van der Waals surface area contributed by atoms with Crippen molar-refractivity contribution in [3.63, 3.8) is 0 Å². The molecule has 2 heterocycles. The van der Waals surface area contributed by atoms with Crippen molar-refractivity contribution in [3.8, 4) is 0 Å². The Morgan fingerprint density at radius 2 is 2.10 bits per heavy atom. The average Bonchev–Trinajstić information content (AvgIpc) is 2.93. The van der Waals surface area contributed by atoms with Crippen LogP contribution in [0, 0.1) is 13.8 Å². The lowest BCUT2D eigenvalue weighted by Crippen LogP contribution is -2.01. The van der Waals surface area contributed by atoms with E-state index in [9.17, 15) is 13.6 Å². The average molecular weight is 279 g/mol. The maximum atomic E-state index is 12.7. The Bertz CT molecular complexity index is 668. The number of carbonyl (C=O) groups excluding carboxylic acids is 1. The summed E-state index contributed by atoms with van der Waals surface area (Å²) in [5, 5.41) is 4.16. The molecule has 4 nitrogen and oxygen atoms in total. The predicted octanol–water partition coefficient (Wildman–Crippen LogP) is 3.13. The third-order valence-electron chi connectivity index (χ3n) is 3.18. The highest BCUT2D eigenvalue weighted by atomic mass is 19.3. The Morgan fingerprint density at radius 1 is 1.40 bits per heavy atom. The molecule has 2 aromatic rings. The van der Waals surface area contributed by atoms with E-state index in [0.717, 1.165) is 10.3 Å². The minimum atomic E-state index is -2.62. The number of halogens is 2. The highest BCUT2D eigenvalue weighted by Crippen LogP contribution is 2.17. The van der Waals surface area contributed by atoms with Crippen LogP contribution in [-0.2, 0) is 7.05 Å². The summed E-state index contributed by atoms with van der Waals surface area (Å²) in [7, 11) is 1.75. The van der Waals surface area contributed by atoms with E-state index in [1.54, 1.807) is 25.6 Å². The second-order valence-electron chi connectivity index (χ2n) is 4.48. The summed E-state index contributed by atoms with van der Waals surface area (Å²) >= 11 is 0. The number of hydrogen-bond acceptors (Lipinski definition) is 2. The van der Waals surface area contributed by atoms with Crippen molar-refractivity contribution in [1.29, 1.82) is 0 Å². The van der Waals surface area contributed by atoms with Gasteiger partial charge in [0.15, 0.2) is 5.78 Å². The number of hydrogen-bond donors (Lipinski definition) is 0. The van der Waals surface area contributed by atoms with Gasteiger partial charge in [-0.25, -0.2) is 0 Å². The summed E-state index contributed by atoms with van der Waals surface area (Å²) in [5.41, 5.74) is 2.18. The first-order valence-electron chi connectivity index (χ1n) is 6.09. The standard InChI is InChI=1S/C14H15F2N3O/c1-9-13(10(2)18(3)17-9)12(20)7-6-11-5-4-8-19(11)14(15)16/h4-8,14H,1-3H3/b7-6+. The number of aromatic nitrogens is 3. The molecule has 0 unspecified atom stereocenters. The van der Waals surface area contributed by atoms with Crippen LogP contribution in [0.3, 0.4) is 0 Å². The lowest BCUT2D eigenvalue weighted by atomic mass is 10.1. The first-order valence-corrected chi connectivity index (χ1v) is 6.09. The van der Waals surface area contributed by atoms with E-state index in [-0.39, 0.29) is 11.5 Å². The molecule has 106 valence electrons. The minimum Gasteiger partial charge on any atom is -0.292 e. The summed E-state index contributed by atoms with van der Waals surface area (Å²) in [5.74, 6) is -0.241. The monoisotopic (exact) mass is 279 g/mol. The van der Waals surface area contributed by atoms with E-state index in [0.29, 0.717) is 11.3 Å². The molecule has 0 saturated carbocycles. The zero-order valence-electron chi connectivity index (χ0n) is 11.5. The van der Waals surface area contributed by atoms with Gasteiger partial charge in [0.1, 0.15) is 0 Å². The Kier molecular flexibility index (Phi) is 3.83. The molecule has 0 bridgehead atoms. The third kappa shape index (κ3) is 2.54. The van der Waals surface area contributed by atoms with Gasteiger partial charge in [-0.2, -0.15) is 13.9 Å². The van der Waals surface area contributed by atoms with Gasteiger partial charge in [0.25, 0.3) is 0 Å². The minimum absolute atomic E-state index is 0.241. The Labute approximate surface area is 115 Å². The lowest BCUT2D eigenvalue weighted by molar-refractivity contribution is 0.0700. The zero-order valence-corrected chi connectivity index (χ0v) is 11.5. The Balaban J connectivity index is 2.27. The van der Waals surface area contributed by atoms with E-state index in [1.807, 2.05) is 0 Å². The normalized spacial score (nSPS) is 11.7. The molecule has 0 aliphatic rings. The van der Waals surface area contributed by atoms with Gasteiger partial charge in [-0.1, -0.05) is 0 Å². The van der Waals surface area contributed by atoms with Crippen LogP contribution in [0.15, 0.2) is 24.4 Å². The van der Waals surface area contributed by atoms with Gasteiger partial charge in [0.05, 0.1) is 11.3 Å². The second-order valence-corrected chi connectivity index (χ2v) is 4.48. The maximum Gasteiger partial charge on any atom is 0.318 e. The highest BCUT2D eigenvalue weighted by Gasteiger charge is 2.15. The van der Waals surface area contributed by atoms with Crippen LogP contribution in [0.25, 0.3) is 6.08 Å². The molecule has 2 rings (SSSR count). The maximum absolute atomic E-state index is 12.7. The third-order valence-corrected chi connectivity index (χ3v) is 3.18. The van der Waals surface area contributed by atoms with Crippen molar-refractivity contribution < 1.29 is 13.6 Å². The number of rotatable bonds is 4. The van der Waals surface area contributed by atoms with Crippen LogP contribution in [0.1, 0.15) is 34.0 Å². The van der Waals surface area contributed by atoms with Crippen LogP contribution < -0.4 is 0 Å². The smallest absolute Gasteiger partial charge is 0.292 e. The molecule has 0 spiro atoms. The molecule has 0 fully saturated rings. The number of alkyl halides is 2. The number of carbonyl (C=O) groups is 1. The topological polar surface area (TPSA) is 39.8 Å². The van der Waals surface area contributed by atoms with Gasteiger partial charge in [-0.05, 0) is 38.1 Å². The molecule has 2 aromatic heterocycles. The van der Waals surface area contributed by atoms with Crippen LogP contribution >= 0.6 is 0 Å². The molecule has 0 radical (unpaired) electrons. The molecular weight excluding hydrogens is 264 g/mol. The summed E-state index contributed by atoms with van der Waals surface area (Å²) in [6, 6.07) is 3.04. The molecule has 0 aromatic carbocycles. The van der Waals surface area contributed by atoms with E-state index in [2.05, 4.69) is 5.10 Å². The van der Waals surface area contributed by atoms with Gasteiger partial charge >= 0.3 is 6.55 Å². The predicted molar refractivity (Wildman–Crippen MR) is 71.7 cm³/mol. The van der Waals surface area contributed by atoms with Crippen molar-refractivity contribution in [2.75, 3.05) is 0 Å². The Hall–Kier alpha value is -2.24. The zero-order chi connectivity index (χ0) is 14.9. The van der Waals surface area contributed by atoms with Crippen LogP contribution in [-0.4, -0.2) is 20.1 Å². The van der Waals surface area contributed by atoms with Gasteiger partial charge in [0, 0.05) is 24.6 Å². The lowest BCUT2D eigenvalue weighted by Gasteiger charge is -2.03. The largest absolute Gasteiger partial charge is 0.318 e. The van der Waals surface area contributed by atoms with Crippen molar-refractivity contribution in [2.45, 2.75) is 20.4 Å². The molecular formula is C14H15F2N3O. The first-order chi connectivity index (χ1) is 9.41. The molecule has 0 atom stereocenters. The molecule has 20 heavy (non-hydrogen) atoms.